The van der Waals surface area contributed by atoms with E-state index in [1.165, 1.54) is 0 Å². The van der Waals surface area contributed by atoms with E-state index in [1.54, 1.807) is 18.3 Å². The van der Waals surface area contributed by atoms with Crippen molar-refractivity contribution in [3.8, 4) is 5.75 Å². The minimum Gasteiger partial charge on any atom is -0.494 e. The van der Waals surface area contributed by atoms with Gasteiger partial charge in [-0.15, -0.1) is 0 Å². The van der Waals surface area contributed by atoms with E-state index in [0.29, 0.717) is 37.4 Å². The van der Waals surface area contributed by atoms with Gasteiger partial charge in [-0.25, -0.2) is 0 Å². The molecule has 2 amide bonds. The van der Waals surface area contributed by atoms with Gasteiger partial charge in [0.25, 0.3) is 11.8 Å². The Morgan fingerprint density at radius 2 is 1.76 bits per heavy atom. The van der Waals surface area contributed by atoms with Crippen LogP contribution in [0.1, 0.15) is 51.7 Å². The van der Waals surface area contributed by atoms with Gasteiger partial charge in [0.2, 0.25) is 0 Å². The molecule has 2 aromatic carbocycles. The van der Waals surface area contributed by atoms with Crippen molar-refractivity contribution in [1.29, 1.82) is 0 Å². The summed E-state index contributed by atoms with van der Waals surface area (Å²) >= 11 is 0. The molecule has 0 saturated carbocycles. The predicted octanol–water partition coefficient (Wildman–Crippen LogP) is 3.67. The number of hydrogen-bond acceptors (Lipinski definition) is 4. The van der Waals surface area contributed by atoms with Crippen LogP contribution in [0.2, 0.25) is 0 Å². The minimum atomic E-state index is -0.108. The number of rotatable bonds is 7. The molecule has 1 N–H and O–H groups in total. The van der Waals surface area contributed by atoms with E-state index >= 15 is 0 Å². The SMILES string of the molecule is CCOc1ccc(C(=O)N2CCC(NC(=O)c3cnn(Cc4ccccc4)c3C)CC2)cc1. The van der Waals surface area contributed by atoms with Gasteiger partial charge in [0.1, 0.15) is 5.75 Å². The number of aromatic nitrogens is 2. The number of hydrogen-bond donors (Lipinski definition) is 1. The van der Waals surface area contributed by atoms with Gasteiger partial charge < -0.3 is 15.0 Å². The molecule has 7 nitrogen and oxygen atoms in total. The molecule has 4 rings (SSSR count). The number of amides is 2. The third-order valence-corrected chi connectivity index (χ3v) is 6.05. The first-order valence-corrected chi connectivity index (χ1v) is 11.4. The maximum Gasteiger partial charge on any atom is 0.254 e. The molecule has 172 valence electrons. The van der Waals surface area contributed by atoms with E-state index in [2.05, 4.69) is 10.4 Å². The Morgan fingerprint density at radius 3 is 2.42 bits per heavy atom. The lowest BCUT2D eigenvalue weighted by Gasteiger charge is -2.32. The van der Waals surface area contributed by atoms with Crippen LogP contribution in [0.15, 0.2) is 60.8 Å². The summed E-state index contributed by atoms with van der Waals surface area (Å²) in [6.45, 7) is 6.31. The molecule has 7 heteroatoms. The normalized spacial score (nSPS) is 14.2. The molecule has 0 bridgehead atoms. The Kier molecular flexibility index (Phi) is 7.07. The fourth-order valence-corrected chi connectivity index (χ4v) is 4.12. The van der Waals surface area contributed by atoms with Gasteiger partial charge in [-0.1, -0.05) is 30.3 Å². The summed E-state index contributed by atoms with van der Waals surface area (Å²) in [6, 6.07) is 17.4. The molecule has 2 heterocycles. The van der Waals surface area contributed by atoms with E-state index in [-0.39, 0.29) is 17.9 Å². The molecule has 1 fully saturated rings. The first kappa shape index (κ1) is 22.6. The molecule has 33 heavy (non-hydrogen) atoms. The summed E-state index contributed by atoms with van der Waals surface area (Å²) < 4.78 is 7.29. The lowest BCUT2D eigenvalue weighted by atomic mass is 10.0. The van der Waals surface area contributed by atoms with Crippen molar-refractivity contribution < 1.29 is 14.3 Å². The van der Waals surface area contributed by atoms with E-state index in [0.717, 1.165) is 29.8 Å². The molecule has 0 spiro atoms. The summed E-state index contributed by atoms with van der Waals surface area (Å²) in [5, 5.41) is 7.53. The molecular formula is C26H30N4O3. The number of nitrogens with zero attached hydrogens (tertiary/aromatic N) is 3. The van der Waals surface area contributed by atoms with E-state index in [4.69, 9.17) is 4.74 Å². The first-order chi connectivity index (χ1) is 16.0. The molecule has 1 aliphatic rings. The molecule has 1 saturated heterocycles. The van der Waals surface area contributed by atoms with Crippen LogP contribution in [-0.4, -0.2) is 52.2 Å². The van der Waals surface area contributed by atoms with Crippen molar-refractivity contribution in [2.24, 2.45) is 0 Å². The topological polar surface area (TPSA) is 76.5 Å². The predicted molar refractivity (Wildman–Crippen MR) is 127 cm³/mol. The van der Waals surface area contributed by atoms with Crippen molar-refractivity contribution in [3.05, 3.63) is 83.2 Å². The Bertz CT molecular complexity index is 1080. The lowest BCUT2D eigenvalue weighted by molar-refractivity contribution is 0.0698. The van der Waals surface area contributed by atoms with Gasteiger partial charge in [-0.3, -0.25) is 14.3 Å². The lowest BCUT2D eigenvalue weighted by Crippen LogP contribution is -2.46. The molecular weight excluding hydrogens is 416 g/mol. The monoisotopic (exact) mass is 446 g/mol. The van der Waals surface area contributed by atoms with E-state index in [1.807, 2.05) is 65.9 Å². The molecule has 0 unspecified atom stereocenters. The number of nitrogens with one attached hydrogen (secondary N) is 1. The summed E-state index contributed by atoms with van der Waals surface area (Å²) in [4.78, 5) is 27.5. The number of benzene rings is 2. The van der Waals surface area contributed by atoms with Gasteiger partial charge in [0.15, 0.2) is 0 Å². The van der Waals surface area contributed by atoms with Crippen LogP contribution in [0.25, 0.3) is 0 Å². The smallest absolute Gasteiger partial charge is 0.254 e. The Labute approximate surface area is 194 Å². The fourth-order valence-electron chi connectivity index (χ4n) is 4.12. The summed E-state index contributed by atoms with van der Waals surface area (Å²) in [6.07, 6.45) is 3.09. The van der Waals surface area contributed by atoms with Crippen LogP contribution in [0, 0.1) is 6.92 Å². The zero-order chi connectivity index (χ0) is 23.2. The van der Waals surface area contributed by atoms with Gasteiger partial charge in [-0.2, -0.15) is 5.10 Å². The van der Waals surface area contributed by atoms with Crippen LogP contribution >= 0.6 is 0 Å². The van der Waals surface area contributed by atoms with Crippen molar-refractivity contribution in [1.82, 2.24) is 20.0 Å². The third-order valence-electron chi connectivity index (χ3n) is 6.05. The highest BCUT2D eigenvalue weighted by Gasteiger charge is 2.26. The number of carbonyl (C=O) groups is 2. The number of likely N-dealkylation sites (tertiary alicyclic amines) is 1. The second kappa shape index (κ2) is 10.3. The van der Waals surface area contributed by atoms with Gasteiger partial charge in [-0.05, 0) is 56.5 Å². The van der Waals surface area contributed by atoms with Crippen LogP contribution in [-0.2, 0) is 6.54 Å². The Balaban J connectivity index is 1.30. The largest absolute Gasteiger partial charge is 0.494 e. The summed E-state index contributed by atoms with van der Waals surface area (Å²) in [7, 11) is 0. The van der Waals surface area contributed by atoms with Crippen molar-refractivity contribution in [2.45, 2.75) is 39.3 Å². The molecule has 1 aromatic heterocycles. The van der Waals surface area contributed by atoms with E-state index in [9.17, 15) is 9.59 Å². The number of carbonyl (C=O) groups excluding carboxylic acids is 2. The summed E-state index contributed by atoms with van der Waals surface area (Å²) in [5.74, 6) is 0.668. The average molecular weight is 447 g/mol. The minimum absolute atomic E-state index is 0.0147. The zero-order valence-electron chi connectivity index (χ0n) is 19.2. The summed E-state index contributed by atoms with van der Waals surface area (Å²) in [5.41, 5.74) is 3.24. The number of ether oxygens (including phenoxy) is 1. The molecule has 0 aliphatic carbocycles. The maximum absolute atomic E-state index is 12.9. The van der Waals surface area contributed by atoms with Crippen LogP contribution in [0.4, 0.5) is 0 Å². The first-order valence-electron chi connectivity index (χ1n) is 11.4. The Hall–Kier alpha value is -3.61. The fraction of sp³-hybridized carbons (Fsp3) is 0.346. The highest BCUT2D eigenvalue weighted by atomic mass is 16.5. The van der Waals surface area contributed by atoms with Crippen LogP contribution in [0.3, 0.4) is 0 Å². The van der Waals surface area contributed by atoms with Gasteiger partial charge >= 0.3 is 0 Å². The van der Waals surface area contributed by atoms with Crippen molar-refractivity contribution in [2.75, 3.05) is 19.7 Å². The highest BCUT2D eigenvalue weighted by Crippen LogP contribution is 2.18. The molecule has 0 atom stereocenters. The Morgan fingerprint density at radius 1 is 1.06 bits per heavy atom. The highest BCUT2D eigenvalue weighted by molar-refractivity contribution is 5.95. The molecule has 3 aromatic rings. The standard InChI is InChI=1S/C26H30N4O3/c1-3-33-23-11-9-21(10-12-23)26(32)29-15-13-22(14-16-29)28-25(31)24-17-27-30(19(24)2)18-20-7-5-4-6-8-20/h4-12,17,22H,3,13-16,18H2,1-2H3,(H,28,31). The zero-order valence-corrected chi connectivity index (χ0v) is 19.2. The second-order valence-corrected chi connectivity index (χ2v) is 8.28. The van der Waals surface area contributed by atoms with Gasteiger partial charge in [0.05, 0.1) is 24.9 Å². The van der Waals surface area contributed by atoms with Crippen LogP contribution in [0.5, 0.6) is 5.75 Å². The third kappa shape index (κ3) is 5.42. The number of piperidine rings is 1. The van der Waals surface area contributed by atoms with E-state index < -0.39 is 0 Å². The van der Waals surface area contributed by atoms with Crippen LogP contribution < -0.4 is 10.1 Å². The van der Waals surface area contributed by atoms with Crippen molar-refractivity contribution in [3.63, 3.8) is 0 Å². The van der Waals surface area contributed by atoms with Crippen molar-refractivity contribution >= 4 is 11.8 Å². The molecule has 1 aliphatic heterocycles. The van der Waals surface area contributed by atoms with Gasteiger partial charge in [0, 0.05) is 30.4 Å². The quantitative estimate of drug-likeness (QED) is 0.601. The average Bonchev–Trinajstić information content (AvgIpc) is 3.20. The second-order valence-electron chi connectivity index (χ2n) is 8.28. The maximum atomic E-state index is 12.9. The molecule has 0 radical (unpaired) electrons.